The average Bonchev–Trinajstić information content (AvgIpc) is 3.42. The Balaban J connectivity index is 1.83. The number of hydrogen-bond acceptors (Lipinski definition) is 10. The summed E-state index contributed by atoms with van der Waals surface area (Å²) in [6.45, 7) is -1.67. The van der Waals surface area contributed by atoms with Gasteiger partial charge in [-0.3, -0.25) is 28.5 Å². The van der Waals surface area contributed by atoms with Crippen LogP contribution in [0.25, 0.3) is 0 Å². The molecule has 1 aromatic carbocycles. The van der Waals surface area contributed by atoms with Crippen molar-refractivity contribution in [2.45, 2.75) is 25.9 Å². The van der Waals surface area contributed by atoms with E-state index in [2.05, 4.69) is 4.74 Å². The first-order valence-electron chi connectivity index (χ1n) is 10.7. The van der Waals surface area contributed by atoms with E-state index in [0.29, 0.717) is 15.0 Å². The van der Waals surface area contributed by atoms with Gasteiger partial charge in [0.25, 0.3) is 5.56 Å². The maximum atomic E-state index is 13.0. The van der Waals surface area contributed by atoms with Gasteiger partial charge >= 0.3 is 17.6 Å². The summed E-state index contributed by atoms with van der Waals surface area (Å²) in [7, 11) is 1.09. The highest BCUT2D eigenvalue weighted by molar-refractivity contribution is 7.12. The highest BCUT2D eigenvalue weighted by Crippen LogP contribution is 2.13. The number of esters is 2. The third kappa shape index (κ3) is 6.21. The number of hydrogen-bond donors (Lipinski definition) is 1. The number of carbonyl (C=O) groups is 4. The number of benzene rings is 1. The molecule has 2 N–H and O–H groups in total. The van der Waals surface area contributed by atoms with Crippen LogP contribution < -0.4 is 17.0 Å². The van der Waals surface area contributed by atoms with Crippen LogP contribution in [0.1, 0.15) is 38.4 Å². The smallest absolute Gasteiger partial charge is 0.333 e. The summed E-state index contributed by atoms with van der Waals surface area (Å²) in [4.78, 5) is 75.2. The van der Waals surface area contributed by atoms with Crippen LogP contribution in [0.2, 0.25) is 0 Å². The molecule has 0 fully saturated rings. The van der Waals surface area contributed by atoms with Crippen molar-refractivity contribution in [1.82, 2.24) is 9.13 Å². The third-order valence-corrected chi connectivity index (χ3v) is 6.07. The molecule has 188 valence electrons. The van der Waals surface area contributed by atoms with E-state index in [1.165, 1.54) is 11.3 Å². The highest BCUT2D eigenvalue weighted by atomic mass is 32.1. The van der Waals surface area contributed by atoms with Crippen molar-refractivity contribution in [3.8, 4) is 0 Å². The van der Waals surface area contributed by atoms with Crippen LogP contribution in [0.3, 0.4) is 0 Å². The summed E-state index contributed by atoms with van der Waals surface area (Å²) in [5.74, 6) is -3.33. The van der Waals surface area contributed by atoms with Crippen molar-refractivity contribution < 1.29 is 28.7 Å². The lowest BCUT2D eigenvalue weighted by molar-refractivity contribution is -0.142. The van der Waals surface area contributed by atoms with Crippen molar-refractivity contribution in [3.63, 3.8) is 0 Å². The number of nitrogens with two attached hydrogens (primary N) is 1. The molecule has 0 aliphatic rings. The van der Waals surface area contributed by atoms with Crippen LogP contribution in [-0.4, -0.2) is 46.4 Å². The Morgan fingerprint density at radius 2 is 1.64 bits per heavy atom. The summed E-state index contributed by atoms with van der Waals surface area (Å²) < 4.78 is 11.0. The van der Waals surface area contributed by atoms with Crippen molar-refractivity contribution in [2.75, 3.05) is 19.5 Å². The Hall–Kier alpha value is -4.32. The molecule has 0 aliphatic heterocycles. The predicted molar refractivity (Wildman–Crippen MR) is 130 cm³/mol. The van der Waals surface area contributed by atoms with Crippen LogP contribution in [0, 0.1) is 0 Å². The standard InChI is InChI=1S/C24H23N3O8S/c1-34-20(31)13-27-23(32)21(22(25)26(24(27)33)12-15-6-3-2-4-7-15)17(29)14-35-19(30)10-9-16(28)18-8-5-11-36-18/h2-8,11H,9-10,12-14,25H2,1H3. The lowest BCUT2D eigenvalue weighted by Crippen LogP contribution is -2.46. The van der Waals surface area contributed by atoms with E-state index < -0.39 is 53.5 Å². The van der Waals surface area contributed by atoms with Gasteiger partial charge in [-0.1, -0.05) is 36.4 Å². The third-order valence-electron chi connectivity index (χ3n) is 5.16. The van der Waals surface area contributed by atoms with E-state index in [1.54, 1.807) is 47.8 Å². The van der Waals surface area contributed by atoms with E-state index in [-0.39, 0.29) is 25.2 Å². The zero-order chi connectivity index (χ0) is 26.2. The fourth-order valence-corrected chi connectivity index (χ4v) is 3.99. The topological polar surface area (TPSA) is 157 Å². The number of nitrogen functional groups attached to an aromatic ring is 1. The molecule has 0 saturated heterocycles. The van der Waals surface area contributed by atoms with E-state index in [4.69, 9.17) is 10.5 Å². The van der Waals surface area contributed by atoms with Crippen LogP contribution in [0.4, 0.5) is 5.82 Å². The molecule has 0 unspecified atom stereocenters. The van der Waals surface area contributed by atoms with Crippen molar-refractivity contribution in [1.29, 1.82) is 0 Å². The van der Waals surface area contributed by atoms with Crippen LogP contribution >= 0.6 is 11.3 Å². The Labute approximate surface area is 208 Å². The number of ketones is 2. The summed E-state index contributed by atoms with van der Waals surface area (Å²) in [5, 5.41) is 1.73. The molecule has 3 rings (SSSR count). The number of rotatable bonds is 11. The normalized spacial score (nSPS) is 10.6. The van der Waals surface area contributed by atoms with Crippen molar-refractivity contribution in [3.05, 3.63) is 84.7 Å². The maximum absolute atomic E-state index is 13.0. The minimum Gasteiger partial charge on any atom is -0.468 e. The molecule has 0 amide bonds. The minimum atomic E-state index is -1.11. The Bertz CT molecular complexity index is 1390. The summed E-state index contributed by atoms with van der Waals surface area (Å²) in [6.07, 6.45) is -0.372. The maximum Gasteiger partial charge on any atom is 0.333 e. The van der Waals surface area contributed by atoms with E-state index in [1.807, 2.05) is 0 Å². The molecular formula is C24H23N3O8S. The molecule has 2 heterocycles. The van der Waals surface area contributed by atoms with Gasteiger partial charge in [0.2, 0.25) is 5.78 Å². The van der Waals surface area contributed by atoms with E-state index >= 15 is 0 Å². The molecule has 0 radical (unpaired) electrons. The molecule has 0 spiro atoms. The van der Waals surface area contributed by atoms with Gasteiger partial charge < -0.3 is 15.2 Å². The van der Waals surface area contributed by atoms with Gasteiger partial charge in [-0.25, -0.2) is 9.36 Å². The monoisotopic (exact) mass is 513 g/mol. The Kier molecular flexibility index (Phi) is 8.68. The second kappa shape index (κ2) is 11.9. The molecular weight excluding hydrogens is 490 g/mol. The van der Waals surface area contributed by atoms with Crippen molar-refractivity contribution >= 4 is 40.7 Å². The van der Waals surface area contributed by atoms with Gasteiger partial charge in [0, 0.05) is 6.42 Å². The molecule has 12 heteroatoms. The quantitative estimate of drug-likeness (QED) is 0.294. The second-order valence-electron chi connectivity index (χ2n) is 7.57. The lowest BCUT2D eigenvalue weighted by atomic mass is 10.1. The SMILES string of the molecule is COC(=O)Cn1c(=O)c(C(=O)COC(=O)CCC(=O)c2cccs2)c(N)n(Cc2ccccc2)c1=O. The van der Waals surface area contributed by atoms with Gasteiger partial charge in [-0.05, 0) is 17.0 Å². The zero-order valence-corrected chi connectivity index (χ0v) is 20.1. The summed E-state index contributed by atoms with van der Waals surface area (Å²) in [6, 6.07) is 12.0. The largest absolute Gasteiger partial charge is 0.468 e. The number of Topliss-reactive ketones (excluding diaryl/α,β-unsaturated/α-hetero) is 2. The van der Waals surface area contributed by atoms with Crippen molar-refractivity contribution in [2.24, 2.45) is 0 Å². The molecule has 0 saturated carbocycles. The Morgan fingerprint density at radius 3 is 2.28 bits per heavy atom. The number of methoxy groups -OCH3 is 1. The van der Waals surface area contributed by atoms with Gasteiger partial charge in [-0.15, -0.1) is 11.3 Å². The van der Waals surface area contributed by atoms with Gasteiger partial charge in [0.1, 0.15) is 17.9 Å². The number of thiophene rings is 1. The number of aromatic nitrogens is 2. The zero-order valence-electron chi connectivity index (χ0n) is 19.3. The first-order valence-corrected chi connectivity index (χ1v) is 11.6. The molecule has 3 aromatic rings. The van der Waals surface area contributed by atoms with E-state index in [9.17, 15) is 28.8 Å². The first kappa shape index (κ1) is 26.3. The van der Waals surface area contributed by atoms with Gasteiger partial charge in [0.15, 0.2) is 12.4 Å². The number of anilines is 1. The van der Waals surface area contributed by atoms with Crippen LogP contribution in [0.5, 0.6) is 0 Å². The number of nitrogens with zero attached hydrogens (tertiary/aromatic N) is 2. The molecule has 0 aliphatic carbocycles. The average molecular weight is 514 g/mol. The fraction of sp³-hybridized carbons (Fsp3) is 0.250. The fourth-order valence-electron chi connectivity index (χ4n) is 3.30. The van der Waals surface area contributed by atoms with Crippen LogP contribution in [0.15, 0.2) is 57.4 Å². The minimum absolute atomic E-state index is 0.0855. The summed E-state index contributed by atoms with van der Waals surface area (Å²) in [5.41, 5.74) is 4.08. The second-order valence-corrected chi connectivity index (χ2v) is 8.51. The van der Waals surface area contributed by atoms with Gasteiger partial charge in [0.05, 0.1) is 25.0 Å². The number of ether oxygens (including phenoxy) is 2. The molecule has 11 nitrogen and oxygen atoms in total. The lowest BCUT2D eigenvalue weighted by Gasteiger charge is -2.16. The summed E-state index contributed by atoms with van der Waals surface area (Å²) >= 11 is 1.24. The number of carbonyl (C=O) groups excluding carboxylic acids is 4. The molecule has 0 bridgehead atoms. The Morgan fingerprint density at radius 1 is 0.917 bits per heavy atom. The predicted octanol–water partition coefficient (Wildman–Crippen LogP) is 1.26. The molecule has 0 atom stereocenters. The van der Waals surface area contributed by atoms with Gasteiger partial charge in [-0.2, -0.15) is 0 Å². The van der Waals surface area contributed by atoms with Crippen LogP contribution in [-0.2, 0) is 32.2 Å². The first-order chi connectivity index (χ1) is 17.2. The molecule has 36 heavy (non-hydrogen) atoms. The highest BCUT2D eigenvalue weighted by Gasteiger charge is 2.25. The van der Waals surface area contributed by atoms with E-state index in [0.717, 1.165) is 11.7 Å². The molecule has 2 aromatic heterocycles.